The van der Waals surface area contributed by atoms with Crippen LogP contribution in [0.4, 0.5) is 15.8 Å². The summed E-state index contributed by atoms with van der Waals surface area (Å²) in [5, 5.41) is 13.0. The Morgan fingerprint density at radius 3 is 2.24 bits per heavy atom. The zero-order valence-electron chi connectivity index (χ0n) is 14.2. The maximum absolute atomic E-state index is 13.1. The first kappa shape index (κ1) is 16.7. The summed E-state index contributed by atoms with van der Waals surface area (Å²) in [6.45, 7) is 5.25. The van der Waals surface area contributed by atoms with Gasteiger partial charge in [0.25, 0.3) is 0 Å². The Labute approximate surface area is 144 Å². The maximum Gasteiger partial charge on any atom is 0.159 e. The van der Waals surface area contributed by atoms with Crippen LogP contribution in [0.3, 0.4) is 0 Å². The standard InChI is InChI=1S/C19H17FN4O/c1-12-19(22-21-17-8-4-15(5-9-17)14(3)25)13(2)24(23-12)18-10-6-16(20)7-11-18/h4-11H,1-3H3. The van der Waals surface area contributed by atoms with E-state index in [2.05, 4.69) is 15.3 Å². The molecule has 0 saturated carbocycles. The highest BCUT2D eigenvalue weighted by Crippen LogP contribution is 2.27. The van der Waals surface area contributed by atoms with Gasteiger partial charge in [0.1, 0.15) is 11.5 Å². The lowest BCUT2D eigenvalue weighted by Gasteiger charge is -2.03. The van der Waals surface area contributed by atoms with E-state index in [1.165, 1.54) is 19.1 Å². The average molecular weight is 336 g/mol. The number of azo groups is 1. The van der Waals surface area contributed by atoms with Crippen molar-refractivity contribution in [3.63, 3.8) is 0 Å². The number of aryl methyl sites for hydroxylation is 1. The van der Waals surface area contributed by atoms with Gasteiger partial charge in [-0.1, -0.05) is 0 Å². The van der Waals surface area contributed by atoms with Crippen LogP contribution in [0.2, 0.25) is 0 Å². The second-order valence-corrected chi connectivity index (χ2v) is 5.71. The highest BCUT2D eigenvalue weighted by atomic mass is 19.1. The number of nitrogens with zero attached hydrogens (tertiary/aromatic N) is 4. The molecule has 0 bridgehead atoms. The number of hydrogen-bond donors (Lipinski definition) is 0. The number of rotatable bonds is 4. The van der Waals surface area contributed by atoms with E-state index in [9.17, 15) is 9.18 Å². The Balaban J connectivity index is 1.90. The first-order valence-corrected chi connectivity index (χ1v) is 7.80. The molecule has 2 aromatic carbocycles. The van der Waals surface area contributed by atoms with E-state index >= 15 is 0 Å². The van der Waals surface area contributed by atoms with Gasteiger partial charge in [-0.25, -0.2) is 9.07 Å². The molecule has 0 aliphatic heterocycles. The van der Waals surface area contributed by atoms with Crippen molar-refractivity contribution >= 4 is 17.2 Å². The number of halogens is 1. The van der Waals surface area contributed by atoms with E-state index in [4.69, 9.17) is 0 Å². The van der Waals surface area contributed by atoms with Gasteiger partial charge in [-0.15, -0.1) is 5.11 Å². The average Bonchev–Trinajstić information content (AvgIpc) is 2.88. The second-order valence-electron chi connectivity index (χ2n) is 5.71. The van der Waals surface area contributed by atoms with E-state index in [0.29, 0.717) is 16.9 Å². The number of aromatic nitrogens is 2. The third kappa shape index (κ3) is 3.52. The fraction of sp³-hybridized carbons (Fsp3) is 0.158. The Bertz CT molecular complexity index is 941. The topological polar surface area (TPSA) is 59.6 Å². The molecule has 0 unspecified atom stereocenters. The number of benzene rings is 2. The summed E-state index contributed by atoms with van der Waals surface area (Å²) in [6.07, 6.45) is 0. The highest BCUT2D eigenvalue weighted by Gasteiger charge is 2.12. The lowest BCUT2D eigenvalue weighted by atomic mass is 10.1. The number of carbonyl (C=O) groups excluding carboxylic acids is 1. The first-order valence-electron chi connectivity index (χ1n) is 7.80. The van der Waals surface area contributed by atoms with Crippen molar-refractivity contribution in [2.75, 3.05) is 0 Å². The predicted molar refractivity (Wildman–Crippen MR) is 93.6 cm³/mol. The van der Waals surface area contributed by atoms with Gasteiger partial charge < -0.3 is 0 Å². The van der Waals surface area contributed by atoms with Crippen molar-refractivity contribution in [3.05, 3.63) is 71.3 Å². The normalized spacial score (nSPS) is 11.2. The summed E-state index contributed by atoms with van der Waals surface area (Å²) in [7, 11) is 0. The van der Waals surface area contributed by atoms with Crippen LogP contribution in [-0.2, 0) is 0 Å². The van der Waals surface area contributed by atoms with Gasteiger partial charge in [0.15, 0.2) is 5.78 Å². The molecule has 5 nitrogen and oxygen atoms in total. The fourth-order valence-electron chi connectivity index (χ4n) is 2.48. The first-order chi connectivity index (χ1) is 12.0. The minimum Gasteiger partial charge on any atom is -0.295 e. The van der Waals surface area contributed by atoms with Crippen LogP contribution >= 0.6 is 0 Å². The smallest absolute Gasteiger partial charge is 0.159 e. The summed E-state index contributed by atoms with van der Waals surface area (Å²) in [4.78, 5) is 11.3. The Morgan fingerprint density at radius 2 is 1.64 bits per heavy atom. The Kier molecular flexibility index (Phi) is 4.52. The largest absolute Gasteiger partial charge is 0.295 e. The van der Waals surface area contributed by atoms with Crippen LogP contribution in [0.5, 0.6) is 0 Å². The molecule has 6 heteroatoms. The molecule has 3 aromatic rings. The third-order valence-electron chi connectivity index (χ3n) is 3.86. The maximum atomic E-state index is 13.1. The minimum absolute atomic E-state index is 0.00996. The van der Waals surface area contributed by atoms with Gasteiger partial charge in [0, 0.05) is 5.56 Å². The summed E-state index contributed by atoms with van der Waals surface area (Å²) < 4.78 is 14.8. The van der Waals surface area contributed by atoms with Gasteiger partial charge in [-0.05, 0) is 69.3 Å². The van der Waals surface area contributed by atoms with Gasteiger partial charge >= 0.3 is 0 Å². The molecule has 0 aliphatic rings. The number of Topliss-reactive ketones (excluding diaryl/α,β-unsaturated/α-hetero) is 1. The molecular weight excluding hydrogens is 319 g/mol. The minimum atomic E-state index is -0.292. The fourth-order valence-corrected chi connectivity index (χ4v) is 2.48. The molecule has 1 aromatic heterocycles. The quantitative estimate of drug-likeness (QED) is 0.483. The molecule has 126 valence electrons. The summed E-state index contributed by atoms with van der Waals surface area (Å²) in [5.41, 5.74) is 4.25. The van der Waals surface area contributed by atoms with E-state index in [1.54, 1.807) is 41.1 Å². The second kappa shape index (κ2) is 6.76. The number of hydrogen-bond acceptors (Lipinski definition) is 4. The van der Waals surface area contributed by atoms with Crippen LogP contribution < -0.4 is 0 Å². The van der Waals surface area contributed by atoms with E-state index in [1.807, 2.05) is 13.8 Å². The van der Waals surface area contributed by atoms with Gasteiger partial charge in [-0.3, -0.25) is 4.79 Å². The van der Waals surface area contributed by atoms with Crippen molar-refractivity contribution in [1.29, 1.82) is 0 Å². The molecule has 25 heavy (non-hydrogen) atoms. The van der Waals surface area contributed by atoms with Gasteiger partial charge in [0.2, 0.25) is 0 Å². The molecule has 1 heterocycles. The van der Waals surface area contributed by atoms with E-state index < -0.39 is 0 Å². The molecule has 0 saturated heterocycles. The Morgan fingerprint density at radius 1 is 1.00 bits per heavy atom. The number of ketones is 1. The molecule has 0 amide bonds. The van der Waals surface area contributed by atoms with Crippen molar-refractivity contribution in [2.45, 2.75) is 20.8 Å². The lowest BCUT2D eigenvalue weighted by Crippen LogP contribution is -1.98. The van der Waals surface area contributed by atoms with Crippen molar-refractivity contribution in [2.24, 2.45) is 10.2 Å². The molecule has 0 aliphatic carbocycles. The van der Waals surface area contributed by atoms with Crippen LogP contribution in [0.1, 0.15) is 28.7 Å². The summed E-state index contributed by atoms with van der Waals surface area (Å²) in [6, 6.07) is 13.0. The predicted octanol–water partition coefficient (Wildman–Crippen LogP) is 5.25. The van der Waals surface area contributed by atoms with E-state index in [-0.39, 0.29) is 11.6 Å². The molecular formula is C19H17FN4O. The highest BCUT2D eigenvalue weighted by molar-refractivity contribution is 5.94. The van der Waals surface area contributed by atoms with Crippen molar-refractivity contribution in [3.8, 4) is 5.69 Å². The van der Waals surface area contributed by atoms with Crippen LogP contribution in [-0.4, -0.2) is 15.6 Å². The molecule has 0 radical (unpaired) electrons. The SMILES string of the molecule is CC(=O)c1ccc(N=Nc2c(C)nn(-c3ccc(F)cc3)c2C)cc1. The molecule has 0 fully saturated rings. The van der Waals surface area contributed by atoms with E-state index in [0.717, 1.165) is 17.1 Å². The number of carbonyl (C=O) groups is 1. The molecule has 0 atom stereocenters. The zero-order chi connectivity index (χ0) is 18.0. The van der Waals surface area contributed by atoms with Crippen LogP contribution in [0.15, 0.2) is 58.8 Å². The van der Waals surface area contributed by atoms with Gasteiger partial charge in [0.05, 0.1) is 22.8 Å². The van der Waals surface area contributed by atoms with Crippen molar-refractivity contribution in [1.82, 2.24) is 9.78 Å². The van der Waals surface area contributed by atoms with Gasteiger partial charge in [-0.2, -0.15) is 10.2 Å². The Hall–Kier alpha value is -3.15. The zero-order valence-corrected chi connectivity index (χ0v) is 14.2. The monoisotopic (exact) mass is 336 g/mol. The summed E-state index contributed by atoms with van der Waals surface area (Å²) >= 11 is 0. The van der Waals surface area contributed by atoms with Crippen LogP contribution in [0, 0.1) is 19.7 Å². The van der Waals surface area contributed by atoms with Crippen LogP contribution in [0.25, 0.3) is 5.69 Å². The summed E-state index contributed by atoms with van der Waals surface area (Å²) in [5.74, 6) is -0.282. The molecule has 0 spiro atoms. The molecule has 0 N–H and O–H groups in total. The third-order valence-corrected chi connectivity index (χ3v) is 3.86. The lowest BCUT2D eigenvalue weighted by molar-refractivity contribution is 0.101. The molecule has 3 rings (SSSR count). The van der Waals surface area contributed by atoms with Crippen molar-refractivity contribution < 1.29 is 9.18 Å².